The van der Waals surface area contributed by atoms with Crippen molar-refractivity contribution in [2.24, 2.45) is 0 Å². The number of methoxy groups -OCH3 is 1. The highest BCUT2D eigenvalue weighted by atomic mass is 32.2. The third-order valence-electron chi connectivity index (χ3n) is 3.82. The van der Waals surface area contributed by atoms with Gasteiger partial charge in [0.15, 0.2) is 0 Å². The summed E-state index contributed by atoms with van der Waals surface area (Å²) in [6.45, 7) is 4.34. The first kappa shape index (κ1) is 19.7. The maximum atomic E-state index is 12.5. The van der Waals surface area contributed by atoms with Gasteiger partial charge in [-0.25, -0.2) is 0 Å². The van der Waals surface area contributed by atoms with Crippen LogP contribution in [0, 0.1) is 0 Å². The average Bonchev–Trinajstić information content (AvgIpc) is 3.17. The number of benzene rings is 2. The van der Waals surface area contributed by atoms with Gasteiger partial charge in [-0.05, 0) is 60.7 Å². The normalized spacial score (nSPS) is 11.7. The molecule has 2 aromatic carbocycles. The van der Waals surface area contributed by atoms with E-state index in [1.165, 1.54) is 11.8 Å². The lowest BCUT2D eigenvalue weighted by Gasteiger charge is -2.12. The Labute approximate surface area is 167 Å². The smallest absolute Gasteiger partial charge is 0.237 e. The third kappa shape index (κ3) is 4.80. The van der Waals surface area contributed by atoms with E-state index in [4.69, 9.17) is 9.47 Å². The Morgan fingerprint density at radius 2 is 2.00 bits per heavy atom. The quantitative estimate of drug-likeness (QED) is 0.582. The maximum Gasteiger partial charge on any atom is 0.237 e. The van der Waals surface area contributed by atoms with Crippen LogP contribution in [0.25, 0.3) is 5.69 Å². The molecule has 1 heterocycles. The Bertz CT molecular complexity index is 929. The minimum atomic E-state index is -0.404. The minimum Gasteiger partial charge on any atom is -0.497 e. The number of amides is 1. The monoisotopic (exact) mass is 399 g/mol. The van der Waals surface area contributed by atoms with E-state index in [-0.39, 0.29) is 5.91 Å². The lowest BCUT2D eigenvalue weighted by atomic mass is 10.3. The number of thioether (sulfide) groups is 1. The molecule has 28 heavy (non-hydrogen) atoms. The van der Waals surface area contributed by atoms with Gasteiger partial charge in [0.1, 0.15) is 11.5 Å². The summed E-state index contributed by atoms with van der Waals surface area (Å²) < 4.78 is 12.2. The summed E-state index contributed by atoms with van der Waals surface area (Å²) >= 11 is 1.28. The van der Waals surface area contributed by atoms with E-state index in [2.05, 4.69) is 20.8 Å². The SMILES string of the molecule is CCOc1ccc(-n2nnnc2SC(C)C(=O)Nc2cccc(OC)c2)cc1. The number of hydrogen-bond donors (Lipinski definition) is 1. The average molecular weight is 399 g/mol. The van der Waals surface area contributed by atoms with Gasteiger partial charge >= 0.3 is 0 Å². The van der Waals surface area contributed by atoms with Gasteiger partial charge in [-0.1, -0.05) is 17.8 Å². The number of nitrogens with one attached hydrogen (secondary N) is 1. The molecule has 1 atom stereocenters. The number of carbonyl (C=O) groups is 1. The highest BCUT2D eigenvalue weighted by molar-refractivity contribution is 8.00. The highest BCUT2D eigenvalue weighted by Gasteiger charge is 2.19. The summed E-state index contributed by atoms with van der Waals surface area (Å²) in [4.78, 5) is 12.5. The number of rotatable bonds is 8. The van der Waals surface area contributed by atoms with Gasteiger partial charge in [0, 0.05) is 11.8 Å². The molecule has 0 radical (unpaired) electrons. The predicted molar refractivity (Wildman–Crippen MR) is 107 cm³/mol. The Kier molecular flexibility index (Phi) is 6.49. The molecule has 0 fully saturated rings. The van der Waals surface area contributed by atoms with Gasteiger partial charge in [-0.15, -0.1) is 5.10 Å². The van der Waals surface area contributed by atoms with E-state index in [1.807, 2.05) is 49.4 Å². The first-order chi connectivity index (χ1) is 13.6. The van der Waals surface area contributed by atoms with Crippen molar-refractivity contribution in [3.8, 4) is 17.2 Å². The molecule has 0 aliphatic carbocycles. The number of carbonyl (C=O) groups excluding carboxylic acids is 1. The fourth-order valence-corrected chi connectivity index (χ4v) is 3.23. The van der Waals surface area contributed by atoms with Crippen molar-refractivity contribution in [3.05, 3.63) is 48.5 Å². The van der Waals surface area contributed by atoms with E-state index < -0.39 is 5.25 Å². The molecule has 0 aliphatic rings. The molecule has 0 saturated heterocycles. The lowest BCUT2D eigenvalue weighted by molar-refractivity contribution is -0.115. The summed E-state index contributed by atoms with van der Waals surface area (Å²) in [5.41, 5.74) is 1.46. The van der Waals surface area contributed by atoms with Crippen LogP contribution in [0.1, 0.15) is 13.8 Å². The second kappa shape index (κ2) is 9.23. The highest BCUT2D eigenvalue weighted by Crippen LogP contribution is 2.25. The molecule has 0 bridgehead atoms. The second-order valence-electron chi connectivity index (χ2n) is 5.78. The molecule has 1 aromatic heterocycles. The molecule has 146 valence electrons. The molecule has 1 amide bonds. The van der Waals surface area contributed by atoms with Crippen LogP contribution in [0.4, 0.5) is 5.69 Å². The number of ether oxygens (including phenoxy) is 2. The van der Waals surface area contributed by atoms with Crippen molar-refractivity contribution in [3.63, 3.8) is 0 Å². The third-order valence-corrected chi connectivity index (χ3v) is 4.85. The van der Waals surface area contributed by atoms with E-state index in [9.17, 15) is 4.79 Å². The molecule has 3 aromatic rings. The molecule has 0 saturated carbocycles. The Morgan fingerprint density at radius 1 is 1.21 bits per heavy atom. The summed E-state index contributed by atoms with van der Waals surface area (Å²) in [5, 5.41) is 14.8. The van der Waals surface area contributed by atoms with Gasteiger partial charge in [0.2, 0.25) is 11.1 Å². The van der Waals surface area contributed by atoms with Crippen molar-refractivity contribution >= 4 is 23.4 Å². The second-order valence-corrected chi connectivity index (χ2v) is 7.09. The Morgan fingerprint density at radius 3 is 2.71 bits per heavy atom. The molecule has 0 spiro atoms. The van der Waals surface area contributed by atoms with Crippen LogP contribution in [0.2, 0.25) is 0 Å². The zero-order valence-electron chi connectivity index (χ0n) is 15.8. The first-order valence-electron chi connectivity index (χ1n) is 8.74. The molecule has 0 aliphatic heterocycles. The van der Waals surface area contributed by atoms with E-state index in [1.54, 1.807) is 24.8 Å². The van der Waals surface area contributed by atoms with Crippen LogP contribution in [0.5, 0.6) is 11.5 Å². The van der Waals surface area contributed by atoms with Crippen LogP contribution in [0.15, 0.2) is 53.7 Å². The zero-order valence-corrected chi connectivity index (χ0v) is 16.6. The fourth-order valence-electron chi connectivity index (χ4n) is 2.42. The predicted octanol–water partition coefficient (Wildman–Crippen LogP) is 3.19. The summed E-state index contributed by atoms with van der Waals surface area (Å²) in [7, 11) is 1.58. The van der Waals surface area contributed by atoms with Gasteiger partial charge in [0.05, 0.1) is 24.7 Å². The fraction of sp³-hybridized carbons (Fsp3) is 0.263. The van der Waals surface area contributed by atoms with E-state index in [0.29, 0.717) is 23.2 Å². The standard InChI is InChI=1S/C19H21N5O3S/c1-4-27-16-10-8-15(9-11-16)24-19(21-22-23-24)28-13(2)18(25)20-14-6-5-7-17(12-14)26-3/h5-13H,4H2,1-3H3,(H,20,25). The number of hydrogen-bond acceptors (Lipinski definition) is 7. The summed E-state index contributed by atoms with van der Waals surface area (Å²) in [6, 6.07) is 14.7. The maximum absolute atomic E-state index is 12.5. The van der Waals surface area contributed by atoms with Crippen LogP contribution >= 0.6 is 11.8 Å². The number of nitrogens with zero attached hydrogens (tertiary/aromatic N) is 4. The number of tetrazole rings is 1. The van der Waals surface area contributed by atoms with Crippen molar-refractivity contribution < 1.29 is 14.3 Å². The molecule has 3 rings (SSSR count). The Balaban J connectivity index is 1.68. The van der Waals surface area contributed by atoms with Crippen LogP contribution in [0.3, 0.4) is 0 Å². The van der Waals surface area contributed by atoms with Crippen LogP contribution < -0.4 is 14.8 Å². The van der Waals surface area contributed by atoms with E-state index >= 15 is 0 Å². The molecule has 1 N–H and O–H groups in total. The molecular weight excluding hydrogens is 378 g/mol. The summed E-state index contributed by atoms with van der Waals surface area (Å²) in [5.74, 6) is 1.30. The first-order valence-corrected chi connectivity index (χ1v) is 9.62. The van der Waals surface area contributed by atoms with Crippen molar-refractivity contribution in [1.29, 1.82) is 0 Å². The van der Waals surface area contributed by atoms with Crippen LogP contribution in [-0.2, 0) is 4.79 Å². The van der Waals surface area contributed by atoms with E-state index in [0.717, 1.165) is 11.4 Å². The molecule has 8 nitrogen and oxygen atoms in total. The van der Waals surface area contributed by atoms with Gasteiger partial charge in [0.25, 0.3) is 0 Å². The van der Waals surface area contributed by atoms with Gasteiger partial charge < -0.3 is 14.8 Å². The van der Waals surface area contributed by atoms with Gasteiger partial charge in [-0.3, -0.25) is 4.79 Å². The Hall–Kier alpha value is -3.07. The zero-order chi connectivity index (χ0) is 19.9. The largest absolute Gasteiger partial charge is 0.497 e. The number of anilines is 1. The van der Waals surface area contributed by atoms with Crippen LogP contribution in [-0.4, -0.2) is 45.1 Å². The molecule has 9 heteroatoms. The minimum absolute atomic E-state index is 0.153. The van der Waals surface area contributed by atoms with Gasteiger partial charge in [-0.2, -0.15) is 4.68 Å². The lowest BCUT2D eigenvalue weighted by Crippen LogP contribution is -2.22. The topological polar surface area (TPSA) is 91.2 Å². The number of aromatic nitrogens is 4. The van der Waals surface area contributed by atoms with Crippen molar-refractivity contribution in [2.45, 2.75) is 24.3 Å². The summed E-state index contributed by atoms with van der Waals surface area (Å²) in [6.07, 6.45) is 0. The van der Waals surface area contributed by atoms with Crippen molar-refractivity contribution in [2.75, 3.05) is 19.0 Å². The molecule has 1 unspecified atom stereocenters. The van der Waals surface area contributed by atoms with Crippen molar-refractivity contribution in [1.82, 2.24) is 20.2 Å². The molecular formula is C19H21N5O3S.